The summed E-state index contributed by atoms with van der Waals surface area (Å²) in [6.07, 6.45) is 1.28. The lowest BCUT2D eigenvalue weighted by atomic mass is 10.2. The average molecular weight is 380 g/mol. The first-order valence-corrected chi connectivity index (χ1v) is 9.34. The highest BCUT2D eigenvalue weighted by Crippen LogP contribution is 2.24. The van der Waals surface area contributed by atoms with Gasteiger partial charge >= 0.3 is 0 Å². The van der Waals surface area contributed by atoms with E-state index in [0.29, 0.717) is 18.0 Å². The van der Waals surface area contributed by atoms with Crippen LogP contribution in [-0.4, -0.2) is 35.8 Å². The second kappa shape index (κ2) is 9.59. The molecule has 0 aromatic heterocycles. The summed E-state index contributed by atoms with van der Waals surface area (Å²) in [5.74, 6) is 1.93. The molecule has 1 N–H and O–H groups in total. The van der Waals surface area contributed by atoms with Crippen molar-refractivity contribution in [2.45, 2.75) is 24.3 Å². The van der Waals surface area contributed by atoms with Crippen LogP contribution in [0.5, 0.6) is 11.5 Å². The molecule has 2 aromatic carbocycles. The highest BCUT2D eigenvalue weighted by atomic mass is 35.5. The molecule has 1 amide bonds. The monoisotopic (exact) mass is 379 g/mol. The van der Waals surface area contributed by atoms with Gasteiger partial charge in [0.2, 0.25) is 5.91 Å². The number of nitrogens with zero attached hydrogens (tertiary/aromatic N) is 1. The zero-order valence-electron chi connectivity index (χ0n) is 14.4. The first-order chi connectivity index (χ1) is 12.0. The number of methoxy groups -OCH3 is 1. The second-order valence-corrected chi connectivity index (χ2v) is 7.26. The molecular weight excluding hydrogens is 358 g/mol. The molecule has 0 saturated heterocycles. The molecule has 4 nitrogen and oxygen atoms in total. The van der Waals surface area contributed by atoms with Crippen molar-refractivity contribution < 1.29 is 14.6 Å². The van der Waals surface area contributed by atoms with Crippen LogP contribution in [0.4, 0.5) is 0 Å². The number of ether oxygens (including phenoxy) is 1. The molecule has 0 aliphatic heterocycles. The number of aromatic hydroxyl groups is 1. The van der Waals surface area contributed by atoms with Crippen molar-refractivity contribution in [1.29, 1.82) is 0 Å². The van der Waals surface area contributed by atoms with Crippen LogP contribution in [-0.2, 0) is 11.3 Å². The zero-order valence-corrected chi connectivity index (χ0v) is 15.9. The summed E-state index contributed by atoms with van der Waals surface area (Å²) in [5.41, 5.74) is 0.893. The summed E-state index contributed by atoms with van der Waals surface area (Å²) in [6, 6.07) is 12.5. The predicted molar refractivity (Wildman–Crippen MR) is 103 cm³/mol. The number of carbonyl (C=O) groups excluding carboxylic acids is 1. The van der Waals surface area contributed by atoms with E-state index in [9.17, 15) is 9.90 Å². The molecule has 25 heavy (non-hydrogen) atoms. The molecule has 0 heterocycles. The van der Waals surface area contributed by atoms with Crippen molar-refractivity contribution in [3.63, 3.8) is 0 Å². The molecule has 0 unspecified atom stereocenters. The first kappa shape index (κ1) is 19.5. The predicted octanol–water partition coefficient (Wildman–Crippen LogP) is 4.59. The molecular formula is C19H22ClNO3S. The minimum absolute atomic E-state index is 0.0911. The number of hydrogen-bond acceptors (Lipinski definition) is 4. The molecule has 0 saturated carbocycles. The molecule has 0 aliphatic rings. The van der Waals surface area contributed by atoms with Crippen LogP contribution < -0.4 is 4.74 Å². The lowest BCUT2D eigenvalue weighted by Crippen LogP contribution is -2.26. The van der Waals surface area contributed by atoms with E-state index in [2.05, 4.69) is 0 Å². The number of amides is 1. The van der Waals surface area contributed by atoms with Crippen LogP contribution in [0.2, 0.25) is 5.02 Å². The summed E-state index contributed by atoms with van der Waals surface area (Å²) in [6.45, 7) is 0.466. The third kappa shape index (κ3) is 6.18. The van der Waals surface area contributed by atoms with Crippen LogP contribution in [0.15, 0.2) is 47.4 Å². The summed E-state index contributed by atoms with van der Waals surface area (Å²) in [4.78, 5) is 15.1. The molecule has 0 atom stereocenters. The summed E-state index contributed by atoms with van der Waals surface area (Å²) in [7, 11) is 3.39. The van der Waals surface area contributed by atoms with Gasteiger partial charge in [0.1, 0.15) is 11.5 Å². The number of halogens is 1. The number of carbonyl (C=O) groups is 1. The number of benzene rings is 2. The van der Waals surface area contributed by atoms with E-state index in [1.165, 1.54) is 0 Å². The topological polar surface area (TPSA) is 49.8 Å². The fraction of sp³-hybridized carbons (Fsp3) is 0.316. The Morgan fingerprint density at radius 2 is 1.96 bits per heavy atom. The Bertz CT molecular complexity index is 706. The molecule has 6 heteroatoms. The van der Waals surface area contributed by atoms with E-state index in [1.807, 2.05) is 24.3 Å². The van der Waals surface area contributed by atoms with Crippen LogP contribution >= 0.6 is 23.4 Å². The number of phenols is 1. The summed E-state index contributed by atoms with van der Waals surface area (Å²) < 4.78 is 5.32. The van der Waals surface area contributed by atoms with Gasteiger partial charge in [0.15, 0.2) is 0 Å². The van der Waals surface area contributed by atoms with Gasteiger partial charge < -0.3 is 14.7 Å². The van der Waals surface area contributed by atoms with Gasteiger partial charge in [-0.1, -0.05) is 11.6 Å². The Kier molecular flexibility index (Phi) is 7.47. The molecule has 2 aromatic rings. The minimum Gasteiger partial charge on any atom is -0.508 e. The van der Waals surface area contributed by atoms with Crippen LogP contribution in [0.3, 0.4) is 0 Å². The zero-order chi connectivity index (χ0) is 18.2. The van der Waals surface area contributed by atoms with Crippen molar-refractivity contribution in [2.75, 3.05) is 19.9 Å². The summed E-state index contributed by atoms with van der Waals surface area (Å²) >= 11 is 7.71. The molecule has 0 aliphatic carbocycles. The maximum Gasteiger partial charge on any atom is 0.222 e. The number of thioether (sulfide) groups is 1. The Labute approximate surface area is 157 Å². The van der Waals surface area contributed by atoms with E-state index >= 15 is 0 Å². The van der Waals surface area contributed by atoms with Gasteiger partial charge in [-0.25, -0.2) is 0 Å². The van der Waals surface area contributed by atoms with Crippen LogP contribution in [0.1, 0.15) is 18.4 Å². The fourth-order valence-electron chi connectivity index (χ4n) is 2.36. The maximum absolute atomic E-state index is 12.3. The Hall–Kier alpha value is -1.85. The van der Waals surface area contributed by atoms with E-state index in [0.717, 1.165) is 28.4 Å². The van der Waals surface area contributed by atoms with Crippen LogP contribution in [0, 0.1) is 0 Å². The molecule has 0 spiro atoms. The fourth-order valence-corrected chi connectivity index (χ4v) is 3.41. The largest absolute Gasteiger partial charge is 0.508 e. The average Bonchev–Trinajstić information content (AvgIpc) is 2.60. The molecule has 0 fully saturated rings. The van der Waals surface area contributed by atoms with Gasteiger partial charge in [0, 0.05) is 35.5 Å². The van der Waals surface area contributed by atoms with Crippen LogP contribution in [0.25, 0.3) is 0 Å². The van der Waals surface area contributed by atoms with Crippen molar-refractivity contribution in [2.24, 2.45) is 0 Å². The highest BCUT2D eigenvalue weighted by Gasteiger charge is 2.12. The third-order valence-electron chi connectivity index (χ3n) is 3.72. The summed E-state index contributed by atoms with van der Waals surface area (Å²) in [5, 5.41) is 9.89. The van der Waals surface area contributed by atoms with Crippen molar-refractivity contribution in [3.05, 3.63) is 53.1 Å². The Balaban J connectivity index is 1.78. The number of phenolic OH excluding ortho intramolecular Hbond substituents is 1. The number of hydrogen-bond donors (Lipinski definition) is 1. The normalized spacial score (nSPS) is 10.5. The smallest absolute Gasteiger partial charge is 0.222 e. The standard InChI is InChI=1S/C19H22ClNO3S/c1-21(13-14-12-15(20)5-10-18(14)24-2)19(23)4-3-11-25-17-8-6-16(22)7-9-17/h5-10,12,22H,3-4,11,13H2,1-2H3. The van der Waals surface area contributed by atoms with Gasteiger partial charge in [-0.2, -0.15) is 0 Å². The van der Waals surface area contributed by atoms with E-state index < -0.39 is 0 Å². The second-order valence-electron chi connectivity index (χ2n) is 5.65. The molecule has 134 valence electrons. The van der Waals surface area contributed by atoms with E-state index in [4.69, 9.17) is 16.3 Å². The lowest BCUT2D eigenvalue weighted by molar-refractivity contribution is -0.130. The maximum atomic E-state index is 12.3. The van der Waals surface area contributed by atoms with Gasteiger partial charge in [-0.15, -0.1) is 11.8 Å². The minimum atomic E-state index is 0.0911. The molecule has 0 bridgehead atoms. The van der Waals surface area contributed by atoms with Gasteiger partial charge in [0.05, 0.1) is 7.11 Å². The SMILES string of the molecule is COc1ccc(Cl)cc1CN(C)C(=O)CCCSc1ccc(O)cc1. The Morgan fingerprint density at radius 3 is 2.64 bits per heavy atom. The first-order valence-electron chi connectivity index (χ1n) is 7.98. The van der Waals surface area contributed by atoms with Crippen molar-refractivity contribution in [1.82, 2.24) is 4.90 Å². The van der Waals surface area contributed by atoms with Gasteiger partial charge in [-0.05, 0) is 54.6 Å². The molecule has 2 rings (SSSR count). The van der Waals surface area contributed by atoms with Crippen molar-refractivity contribution in [3.8, 4) is 11.5 Å². The van der Waals surface area contributed by atoms with E-state index in [1.54, 1.807) is 49.0 Å². The third-order valence-corrected chi connectivity index (χ3v) is 5.05. The van der Waals surface area contributed by atoms with Gasteiger partial charge in [-0.3, -0.25) is 4.79 Å². The van der Waals surface area contributed by atoms with Crippen molar-refractivity contribution >= 4 is 29.3 Å². The lowest BCUT2D eigenvalue weighted by Gasteiger charge is -2.19. The molecule has 0 radical (unpaired) electrons. The van der Waals surface area contributed by atoms with Gasteiger partial charge in [0.25, 0.3) is 0 Å². The van der Waals surface area contributed by atoms with E-state index in [-0.39, 0.29) is 11.7 Å². The highest BCUT2D eigenvalue weighted by molar-refractivity contribution is 7.99. The Morgan fingerprint density at radius 1 is 1.24 bits per heavy atom. The quantitative estimate of drug-likeness (QED) is 0.538. The number of rotatable bonds is 8.